The Morgan fingerprint density at radius 1 is 0.947 bits per heavy atom. The van der Waals surface area contributed by atoms with E-state index in [1.807, 2.05) is 77.1 Å². The van der Waals surface area contributed by atoms with Crippen molar-refractivity contribution in [1.29, 1.82) is 0 Å². The molecule has 5 aromatic rings. The van der Waals surface area contributed by atoms with Crippen LogP contribution >= 0.6 is 22.9 Å². The van der Waals surface area contributed by atoms with Gasteiger partial charge in [-0.25, -0.2) is 23.4 Å². The van der Waals surface area contributed by atoms with E-state index in [1.165, 1.54) is 0 Å². The van der Waals surface area contributed by atoms with Crippen LogP contribution in [0.3, 0.4) is 0 Å². The van der Waals surface area contributed by atoms with Gasteiger partial charge in [0.25, 0.3) is 0 Å². The molecule has 0 amide bonds. The minimum atomic E-state index is -3.40. The van der Waals surface area contributed by atoms with E-state index in [4.69, 9.17) is 26.7 Å². The highest BCUT2D eigenvalue weighted by Gasteiger charge is 2.33. The third-order valence-corrected chi connectivity index (χ3v) is 7.99. The van der Waals surface area contributed by atoms with Crippen LogP contribution in [0.4, 0.5) is 11.6 Å². The molecule has 3 aromatic carbocycles. The van der Waals surface area contributed by atoms with Crippen molar-refractivity contribution in [3.63, 3.8) is 0 Å². The molecule has 0 fully saturated rings. The zero-order valence-electron chi connectivity index (χ0n) is 20.2. The van der Waals surface area contributed by atoms with Gasteiger partial charge in [-0.15, -0.1) is 11.3 Å². The minimum absolute atomic E-state index is 0.107. The Labute approximate surface area is 229 Å². The Balaban J connectivity index is 1.49. The summed E-state index contributed by atoms with van der Waals surface area (Å²) < 4.78 is 26.1. The predicted octanol–water partition coefficient (Wildman–Crippen LogP) is 6.74. The molecule has 0 spiro atoms. The standard InChI is InChI=1S/C28H22ClN5O2S2/c1-38(35,36)33-21-10-5-9-19(15-21)24-17-25(26-11-6-14-37-26)34(32-24)28-30-23-13-12-20(29)16-22(23)27(31-28)18-7-3-2-4-8-18/h2-16,25,33H,17H2,1H3/t25-/m1/s1. The zero-order valence-corrected chi connectivity index (χ0v) is 22.6. The monoisotopic (exact) mass is 559 g/mol. The number of hydrazone groups is 1. The first kappa shape index (κ1) is 24.5. The van der Waals surface area contributed by atoms with E-state index in [0.717, 1.165) is 44.6 Å². The van der Waals surface area contributed by atoms with Gasteiger partial charge in [0.15, 0.2) is 0 Å². The maximum Gasteiger partial charge on any atom is 0.247 e. The van der Waals surface area contributed by atoms with Gasteiger partial charge >= 0.3 is 0 Å². The molecule has 1 N–H and O–H groups in total. The second-order valence-electron chi connectivity index (χ2n) is 8.98. The average molecular weight is 560 g/mol. The van der Waals surface area contributed by atoms with Crippen molar-refractivity contribution < 1.29 is 8.42 Å². The van der Waals surface area contributed by atoms with Crippen molar-refractivity contribution in [1.82, 2.24) is 9.97 Å². The Bertz CT molecular complexity index is 1770. The first-order valence-electron chi connectivity index (χ1n) is 11.9. The van der Waals surface area contributed by atoms with E-state index in [-0.39, 0.29) is 6.04 Å². The van der Waals surface area contributed by atoms with Gasteiger partial charge in [0, 0.05) is 33.0 Å². The SMILES string of the molecule is CS(=O)(=O)Nc1cccc(C2=NN(c3nc(-c4ccccc4)c4cc(Cl)ccc4n3)[C@@H](c3cccs3)C2)c1. The van der Waals surface area contributed by atoms with Gasteiger partial charge in [-0.2, -0.15) is 5.10 Å². The molecule has 0 saturated heterocycles. The fourth-order valence-electron chi connectivity index (χ4n) is 4.56. The number of fused-ring (bicyclic) bond motifs is 1. The molecule has 1 aliphatic heterocycles. The van der Waals surface area contributed by atoms with Gasteiger partial charge in [0.05, 0.1) is 29.2 Å². The molecule has 0 unspecified atom stereocenters. The van der Waals surface area contributed by atoms with E-state index in [2.05, 4.69) is 10.8 Å². The largest absolute Gasteiger partial charge is 0.284 e. The first-order valence-corrected chi connectivity index (χ1v) is 15.0. The van der Waals surface area contributed by atoms with Crippen LogP contribution in [0, 0.1) is 0 Å². The smallest absolute Gasteiger partial charge is 0.247 e. The van der Waals surface area contributed by atoms with E-state index in [0.29, 0.717) is 23.1 Å². The molecule has 38 heavy (non-hydrogen) atoms. The molecule has 0 saturated carbocycles. The van der Waals surface area contributed by atoms with Gasteiger partial charge in [-0.1, -0.05) is 60.1 Å². The lowest BCUT2D eigenvalue weighted by Gasteiger charge is -2.21. The summed E-state index contributed by atoms with van der Waals surface area (Å²) in [5.74, 6) is 0.484. The second-order valence-corrected chi connectivity index (χ2v) is 12.1. The number of sulfonamides is 1. The third kappa shape index (κ3) is 5.00. The Morgan fingerprint density at radius 2 is 1.76 bits per heavy atom. The minimum Gasteiger partial charge on any atom is -0.284 e. The van der Waals surface area contributed by atoms with E-state index in [1.54, 1.807) is 23.5 Å². The number of nitrogens with zero attached hydrogens (tertiary/aromatic N) is 4. The average Bonchev–Trinajstić information content (AvgIpc) is 3.58. The summed E-state index contributed by atoms with van der Waals surface area (Å²) in [5.41, 5.74) is 4.65. The highest BCUT2D eigenvalue weighted by molar-refractivity contribution is 7.92. The van der Waals surface area contributed by atoms with Crippen LogP contribution in [-0.4, -0.2) is 30.4 Å². The Morgan fingerprint density at radius 3 is 2.53 bits per heavy atom. The van der Waals surface area contributed by atoms with Crippen molar-refractivity contribution in [2.45, 2.75) is 12.5 Å². The van der Waals surface area contributed by atoms with E-state index >= 15 is 0 Å². The lowest BCUT2D eigenvalue weighted by molar-refractivity contribution is 0.607. The van der Waals surface area contributed by atoms with Crippen molar-refractivity contribution in [3.8, 4) is 11.3 Å². The Hall–Kier alpha value is -3.79. The molecule has 1 aliphatic rings. The maximum absolute atomic E-state index is 11.8. The molecule has 7 nitrogen and oxygen atoms in total. The molecule has 1 atom stereocenters. The number of aromatic nitrogens is 2. The molecule has 6 rings (SSSR count). The highest BCUT2D eigenvalue weighted by atomic mass is 35.5. The fourth-order valence-corrected chi connectivity index (χ4v) is 6.09. The van der Waals surface area contributed by atoms with Crippen LogP contribution in [0.2, 0.25) is 5.02 Å². The molecule has 0 aliphatic carbocycles. The topological polar surface area (TPSA) is 87.5 Å². The number of hydrogen-bond acceptors (Lipinski definition) is 7. The van der Waals surface area contributed by atoms with Crippen molar-refractivity contribution in [2.75, 3.05) is 16.0 Å². The van der Waals surface area contributed by atoms with Crippen LogP contribution in [-0.2, 0) is 10.0 Å². The third-order valence-electron chi connectivity index (χ3n) is 6.18. The summed E-state index contributed by atoms with van der Waals surface area (Å²) in [5, 5.41) is 10.4. The van der Waals surface area contributed by atoms with Crippen molar-refractivity contribution >= 4 is 61.2 Å². The highest BCUT2D eigenvalue weighted by Crippen LogP contribution is 2.39. The molecule has 2 aromatic heterocycles. The maximum atomic E-state index is 11.8. The van der Waals surface area contributed by atoms with Gasteiger partial charge < -0.3 is 0 Å². The van der Waals surface area contributed by atoms with Gasteiger partial charge in [0.2, 0.25) is 16.0 Å². The number of thiophene rings is 1. The van der Waals surface area contributed by atoms with Gasteiger partial charge in [0.1, 0.15) is 0 Å². The molecule has 0 radical (unpaired) electrons. The molecule has 10 heteroatoms. The summed E-state index contributed by atoms with van der Waals surface area (Å²) in [6.45, 7) is 0. The van der Waals surface area contributed by atoms with Crippen LogP contribution in [0.1, 0.15) is 22.9 Å². The van der Waals surface area contributed by atoms with Crippen LogP contribution in [0.5, 0.6) is 0 Å². The van der Waals surface area contributed by atoms with Crippen molar-refractivity contribution in [3.05, 3.63) is 106 Å². The zero-order chi connectivity index (χ0) is 26.3. The summed E-state index contributed by atoms with van der Waals surface area (Å²) in [4.78, 5) is 11.0. The quantitative estimate of drug-likeness (QED) is 0.249. The lowest BCUT2D eigenvalue weighted by Crippen LogP contribution is -2.20. The number of rotatable bonds is 6. The van der Waals surface area contributed by atoms with E-state index < -0.39 is 10.0 Å². The number of benzene rings is 3. The molecule has 190 valence electrons. The number of anilines is 2. The Kier molecular flexibility index (Phi) is 6.35. The number of halogens is 1. The lowest BCUT2D eigenvalue weighted by atomic mass is 10.0. The molecular weight excluding hydrogens is 538 g/mol. The van der Waals surface area contributed by atoms with Crippen LogP contribution in [0.25, 0.3) is 22.2 Å². The van der Waals surface area contributed by atoms with Crippen LogP contribution in [0.15, 0.2) is 95.4 Å². The molecule has 3 heterocycles. The summed E-state index contributed by atoms with van der Waals surface area (Å²) in [6.07, 6.45) is 1.75. The number of nitrogens with one attached hydrogen (secondary N) is 1. The van der Waals surface area contributed by atoms with Gasteiger partial charge in [-0.05, 0) is 47.3 Å². The summed E-state index contributed by atoms with van der Waals surface area (Å²) in [6, 6.07) is 26.8. The van der Waals surface area contributed by atoms with Crippen molar-refractivity contribution in [2.24, 2.45) is 5.10 Å². The summed E-state index contributed by atoms with van der Waals surface area (Å²) in [7, 11) is -3.40. The normalized spacial score (nSPS) is 15.6. The fraction of sp³-hybridized carbons (Fsp3) is 0.107. The van der Waals surface area contributed by atoms with Gasteiger partial charge in [-0.3, -0.25) is 4.72 Å². The predicted molar refractivity (Wildman–Crippen MR) is 156 cm³/mol. The van der Waals surface area contributed by atoms with Crippen LogP contribution < -0.4 is 9.73 Å². The molecular formula is C28H22ClN5O2S2. The second kappa shape index (κ2) is 9.83. The first-order chi connectivity index (χ1) is 18.3. The summed E-state index contributed by atoms with van der Waals surface area (Å²) >= 11 is 8.00. The molecule has 0 bridgehead atoms. The van der Waals surface area contributed by atoms with E-state index in [9.17, 15) is 8.42 Å². The number of hydrogen-bond donors (Lipinski definition) is 1.